The number of hydrogen-bond donors (Lipinski definition) is 2. The standard InChI is InChI=1S/C15H24N2O2S/c1-15(2,14(18)19)7-8-16-9-12-10-17-13(20-12)11-5-3-4-6-11/h10-11,16H,3-9H2,1-2H3,(H,18,19). The molecule has 0 amide bonds. The summed E-state index contributed by atoms with van der Waals surface area (Å²) in [5, 5.41) is 13.7. The molecular formula is C15H24N2O2S. The summed E-state index contributed by atoms with van der Waals surface area (Å²) in [7, 11) is 0. The SMILES string of the molecule is CC(C)(CCNCc1cnc(C2CCCC2)s1)C(=O)O. The van der Waals surface area contributed by atoms with Crippen LogP contribution in [-0.2, 0) is 11.3 Å². The third-order valence-corrected chi connectivity index (χ3v) is 5.24. The van der Waals surface area contributed by atoms with Crippen LogP contribution >= 0.6 is 11.3 Å². The van der Waals surface area contributed by atoms with Gasteiger partial charge in [0.15, 0.2) is 0 Å². The van der Waals surface area contributed by atoms with E-state index in [0.29, 0.717) is 12.3 Å². The van der Waals surface area contributed by atoms with E-state index in [4.69, 9.17) is 5.11 Å². The lowest BCUT2D eigenvalue weighted by Crippen LogP contribution is -2.28. The molecule has 112 valence electrons. The molecule has 0 aromatic carbocycles. The van der Waals surface area contributed by atoms with E-state index in [-0.39, 0.29) is 0 Å². The molecule has 0 spiro atoms. The van der Waals surface area contributed by atoms with Crippen molar-refractivity contribution in [1.82, 2.24) is 10.3 Å². The van der Waals surface area contributed by atoms with Crippen LogP contribution in [0.5, 0.6) is 0 Å². The van der Waals surface area contributed by atoms with Crippen LogP contribution in [0, 0.1) is 5.41 Å². The summed E-state index contributed by atoms with van der Waals surface area (Å²) in [6.45, 7) is 5.04. The van der Waals surface area contributed by atoms with Crippen LogP contribution in [0.4, 0.5) is 0 Å². The molecule has 2 rings (SSSR count). The molecule has 0 radical (unpaired) electrons. The van der Waals surface area contributed by atoms with Gasteiger partial charge in [0.25, 0.3) is 0 Å². The van der Waals surface area contributed by atoms with Crippen molar-refractivity contribution in [2.75, 3.05) is 6.54 Å². The van der Waals surface area contributed by atoms with Crippen LogP contribution in [0.15, 0.2) is 6.20 Å². The molecule has 5 heteroatoms. The Bertz CT molecular complexity index is 450. The highest BCUT2D eigenvalue weighted by molar-refractivity contribution is 7.11. The van der Waals surface area contributed by atoms with Crippen LogP contribution in [-0.4, -0.2) is 22.6 Å². The minimum absolute atomic E-state index is 0.636. The van der Waals surface area contributed by atoms with Gasteiger partial charge in [-0.15, -0.1) is 11.3 Å². The molecule has 1 saturated carbocycles. The Morgan fingerprint density at radius 1 is 1.50 bits per heavy atom. The summed E-state index contributed by atoms with van der Waals surface area (Å²) in [6, 6.07) is 0. The molecule has 0 aliphatic heterocycles. The van der Waals surface area contributed by atoms with Gasteiger partial charge >= 0.3 is 5.97 Å². The molecule has 0 atom stereocenters. The Kier molecular flexibility index (Phi) is 5.16. The van der Waals surface area contributed by atoms with E-state index in [1.807, 2.05) is 6.20 Å². The Labute approximate surface area is 124 Å². The molecule has 2 N–H and O–H groups in total. The lowest BCUT2D eigenvalue weighted by atomic mass is 9.90. The van der Waals surface area contributed by atoms with Gasteiger partial charge in [0, 0.05) is 23.5 Å². The molecule has 0 saturated heterocycles. The molecule has 4 nitrogen and oxygen atoms in total. The van der Waals surface area contributed by atoms with E-state index < -0.39 is 11.4 Å². The molecular weight excluding hydrogens is 272 g/mol. The van der Waals surface area contributed by atoms with Gasteiger partial charge in [-0.1, -0.05) is 12.8 Å². The quantitative estimate of drug-likeness (QED) is 0.757. The van der Waals surface area contributed by atoms with Crippen molar-refractivity contribution in [2.24, 2.45) is 5.41 Å². The van der Waals surface area contributed by atoms with Crippen molar-refractivity contribution in [2.45, 2.75) is 58.4 Å². The maximum atomic E-state index is 11.0. The van der Waals surface area contributed by atoms with E-state index in [1.54, 1.807) is 25.2 Å². The molecule has 1 fully saturated rings. The maximum Gasteiger partial charge on any atom is 0.309 e. The summed E-state index contributed by atoms with van der Waals surface area (Å²) in [4.78, 5) is 16.8. The molecule has 1 aromatic heterocycles. The minimum Gasteiger partial charge on any atom is -0.481 e. The Hall–Kier alpha value is -0.940. The average molecular weight is 296 g/mol. The zero-order chi connectivity index (χ0) is 14.6. The van der Waals surface area contributed by atoms with Crippen molar-refractivity contribution in [1.29, 1.82) is 0 Å². The van der Waals surface area contributed by atoms with Gasteiger partial charge in [-0.25, -0.2) is 4.98 Å². The Morgan fingerprint density at radius 3 is 2.85 bits per heavy atom. The monoisotopic (exact) mass is 296 g/mol. The first-order valence-corrected chi connectivity index (χ1v) is 8.19. The number of carboxylic acids is 1. The van der Waals surface area contributed by atoms with Crippen molar-refractivity contribution < 1.29 is 9.90 Å². The van der Waals surface area contributed by atoms with Crippen molar-refractivity contribution in [3.8, 4) is 0 Å². The lowest BCUT2D eigenvalue weighted by molar-refractivity contribution is -0.147. The highest BCUT2D eigenvalue weighted by Gasteiger charge is 2.26. The molecule has 1 aliphatic rings. The van der Waals surface area contributed by atoms with Gasteiger partial charge in [0.05, 0.1) is 10.4 Å². The van der Waals surface area contributed by atoms with E-state index in [2.05, 4.69) is 10.3 Å². The van der Waals surface area contributed by atoms with Crippen LogP contribution < -0.4 is 5.32 Å². The Morgan fingerprint density at radius 2 is 2.20 bits per heavy atom. The summed E-state index contributed by atoms with van der Waals surface area (Å²) in [5.74, 6) is -0.0553. The third-order valence-electron chi connectivity index (χ3n) is 4.08. The molecule has 1 heterocycles. The van der Waals surface area contributed by atoms with Crippen LogP contribution in [0.3, 0.4) is 0 Å². The topological polar surface area (TPSA) is 62.2 Å². The van der Waals surface area contributed by atoms with Gasteiger partial charge in [-0.05, 0) is 39.7 Å². The van der Waals surface area contributed by atoms with Gasteiger partial charge < -0.3 is 10.4 Å². The number of aliphatic carboxylic acids is 1. The van der Waals surface area contributed by atoms with Crippen LogP contribution in [0.25, 0.3) is 0 Å². The van der Waals surface area contributed by atoms with Crippen molar-refractivity contribution in [3.63, 3.8) is 0 Å². The molecule has 20 heavy (non-hydrogen) atoms. The number of carboxylic acid groups (broad SMARTS) is 1. The van der Waals surface area contributed by atoms with Crippen LogP contribution in [0.2, 0.25) is 0 Å². The average Bonchev–Trinajstić information content (AvgIpc) is 3.05. The first-order valence-electron chi connectivity index (χ1n) is 7.38. The van der Waals surface area contributed by atoms with Gasteiger partial charge in [-0.3, -0.25) is 4.79 Å². The van der Waals surface area contributed by atoms with E-state index in [9.17, 15) is 4.79 Å². The normalized spacial score (nSPS) is 16.7. The third kappa shape index (κ3) is 4.03. The second kappa shape index (κ2) is 6.68. The zero-order valence-electron chi connectivity index (χ0n) is 12.3. The first kappa shape index (κ1) is 15.4. The fourth-order valence-electron chi connectivity index (χ4n) is 2.49. The summed E-state index contributed by atoms with van der Waals surface area (Å²) < 4.78 is 0. The van der Waals surface area contributed by atoms with E-state index in [0.717, 1.165) is 13.1 Å². The largest absolute Gasteiger partial charge is 0.481 e. The predicted octanol–water partition coefficient (Wildman–Crippen LogP) is 3.39. The van der Waals surface area contributed by atoms with Gasteiger partial charge in [0.1, 0.15) is 0 Å². The fraction of sp³-hybridized carbons (Fsp3) is 0.733. The first-order chi connectivity index (χ1) is 9.49. The predicted molar refractivity (Wildman–Crippen MR) is 81.1 cm³/mol. The molecule has 1 aliphatic carbocycles. The van der Waals surface area contributed by atoms with Crippen LogP contribution in [0.1, 0.15) is 61.8 Å². The Balaban J connectivity index is 1.73. The smallest absolute Gasteiger partial charge is 0.309 e. The van der Waals surface area contributed by atoms with Gasteiger partial charge in [-0.2, -0.15) is 0 Å². The number of hydrogen-bond acceptors (Lipinski definition) is 4. The summed E-state index contributed by atoms with van der Waals surface area (Å²) in [5.41, 5.74) is -0.657. The number of nitrogens with one attached hydrogen (secondary N) is 1. The molecule has 0 unspecified atom stereocenters. The molecule has 1 aromatic rings. The van der Waals surface area contributed by atoms with E-state index >= 15 is 0 Å². The minimum atomic E-state index is -0.736. The fourth-order valence-corrected chi connectivity index (χ4v) is 3.54. The number of carbonyl (C=O) groups is 1. The number of thiazole rings is 1. The maximum absolute atomic E-state index is 11.0. The zero-order valence-corrected chi connectivity index (χ0v) is 13.1. The molecule has 0 bridgehead atoms. The number of aromatic nitrogens is 1. The van der Waals surface area contributed by atoms with Crippen molar-refractivity contribution in [3.05, 3.63) is 16.1 Å². The van der Waals surface area contributed by atoms with Gasteiger partial charge in [0.2, 0.25) is 0 Å². The second-order valence-corrected chi connectivity index (χ2v) is 7.41. The number of nitrogens with zero attached hydrogens (tertiary/aromatic N) is 1. The van der Waals surface area contributed by atoms with E-state index in [1.165, 1.54) is 35.6 Å². The lowest BCUT2D eigenvalue weighted by Gasteiger charge is -2.18. The summed E-state index contributed by atoms with van der Waals surface area (Å²) >= 11 is 1.80. The summed E-state index contributed by atoms with van der Waals surface area (Å²) in [6.07, 6.45) is 7.84. The second-order valence-electron chi connectivity index (χ2n) is 6.26. The highest BCUT2D eigenvalue weighted by atomic mass is 32.1. The number of rotatable bonds is 7. The van der Waals surface area contributed by atoms with Crippen molar-refractivity contribution >= 4 is 17.3 Å². The highest BCUT2D eigenvalue weighted by Crippen LogP contribution is 2.35.